The van der Waals surface area contributed by atoms with E-state index in [1.54, 1.807) is 0 Å². The van der Waals surface area contributed by atoms with Gasteiger partial charge >= 0.3 is 0 Å². The summed E-state index contributed by atoms with van der Waals surface area (Å²) >= 11 is 8.01. The highest BCUT2D eigenvalue weighted by molar-refractivity contribution is 14.1. The maximum Gasteiger partial charge on any atom is 0.115 e. The Labute approximate surface area is 121 Å². The van der Waals surface area contributed by atoms with Crippen molar-refractivity contribution < 1.29 is 0 Å². The van der Waals surface area contributed by atoms with Gasteiger partial charge in [0.05, 0.1) is 4.86 Å². The molecule has 17 heavy (non-hydrogen) atoms. The van der Waals surface area contributed by atoms with E-state index in [0.29, 0.717) is 0 Å². The lowest BCUT2D eigenvalue weighted by atomic mass is 9.89. The minimum absolute atomic E-state index is 0.286. The van der Waals surface area contributed by atoms with E-state index in [1.165, 1.54) is 5.56 Å². The smallest absolute Gasteiger partial charge is 0.115 e. The first kappa shape index (κ1) is 12.9. The highest BCUT2D eigenvalue weighted by Crippen LogP contribution is 2.28. The summed E-state index contributed by atoms with van der Waals surface area (Å²) in [4.78, 5) is 5.50. The average Bonchev–Trinajstić information content (AvgIpc) is 2.79. The molecule has 1 unspecified atom stereocenters. The first-order valence-corrected chi connectivity index (χ1v) is 7.52. The van der Waals surface area contributed by atoms with Gasteiger partial charge in [-0.05, 0) is 25.0 Å². The van der Waals surface area contributed by atoms with Gasteiger partial charge in [0, 0.05) is 10.6 Å². The van der Waals surface area contributed by atoms with Gasteiger partial charge < -0.3 is 0 Å². The highest BCUT2D eigenvalue weighted by Gasteiger charge is 2.32. The van der Waals surface area contributed by atoms with Crippen LogP contribution in [0, 0.1) is 6.92 Å². The van der Waals surface area contributed by atoms with Crippen LogP contribution in [-0.2, 0) is 0 Å². The number of benzene rings is 1. The van der Waals surface area contributed by atoms with E-state index in [4.69, 9.17) is 12.2 Å². The van der Waals surface area contributed by atoms with Crippen LogP contribution in [0.25, 0.3) is 0 Å². The second-order valence-electron chi connectivity index (χ2n) is 4.20. The third-order valence-corrected chi connectivity index (χ3v) is 4.07. The van der Waals surface area contributed by atoms with E-state index in [1.807, 2.05) is 12.3 Å². The summed E-state index contributed by atoms with van der Waals surface area (Å²) in [7, 11) is 0. The van der Waals surface area contributed by atoms with Gasteiger partial charge in [0.25, 0.3) is 0 Å². The standard InChI is InChI=1S/C14H14INS/c1-11-3-5-12(6-4-11)13(17)14(8-9-15)7-2-10-16-14/h2-7,10H,8-9H2,1H3. The molecule has 0 aromatic heterocycles. The van der Waals surface area contributed by atoms with Crippen LogP contribution in [-0.4, -0.2) is 21.0 Å². The van der Waals surface area contributed by atoms with Crippen molar-refractivity contribution in [1.82, 2.24) is 0 Å². The van der Waals surface area contributed by atoms with E-state index in [0.717, 1.165) is 21.3 Å². The van der Waals surface area contributed by atoms with Gasteiger partial charge in [-0.25, -0.2) is 0 Å². The predicted molar refractivity (Wildman–Crippen MR) is 86.7 cm³/mol. The van der Waals surface area contributed by atoms with Gasteiger partial charge in [0.1, 0.15) is 5.54 Å². The Bertz CT molecular complexity index is 462. The molecule has 0 N–H and O–H groups in total. The van der Waals surface area contributed by atoms with Crippen LogP contribution >= 0.6 is 34.8 Å². The monoisotopic (exact) mass is 355 g/mol. The fraction of sp³-hybridized carbons (Fsp3) is 0.286. The number of aryl methyl sites for hydroxylation is 1. The quantitative estimate of drug-likeness (QED) is 0.345. The molecule has 1 nitrogen and oxygen atoms in total. The second kappa shape index (κ2) is 5.40. The molecule has 3 heteroatoms. The second-order valence-corrected chi connectivity index (χ2v) is 5.68. The summed E-state index contributed by atoms with van der Waals surface area (Å²) in [6.45, 7) is 2.08. The summed E-state index contributed by atoms with van der Waals surface area (Å²) in [5.41, 5.74) is 2.08. The van der Waals surface area contributed by atoms with E-state index < -0.39 is 0 Å². The van der Waals surface area contributed by atoms with Crippen molar-refractivity contribution in [2.45, 2.75) is 18.9 Å². The molecule has 0 fully saturated rings. The minimum Gasteiger partial charge on any atom is -0.277 e. The third kappa shape index (κ3) is 2.65. The number of thiocarbonyl (C=S) groups is 1. The van der Waals surface area contributed by atoms with Gasteiger partial charge in [0.2, 0.25) is 0 Å². The van der Waals surface area contributed by atoms with E-state index in [9.17, 15) is 0 Å². The van der Waals surface area contributed by atoms with Gasteiger partial charge in [-0.2, -0.15) is 0 Å². The molecule has 0 aliphatic carbocycles. The van der Waals surface area contributed by atoms with E-state index >= 15 is 0 Å². The van der Waals surface area contributed by atoms with Gasteiger partial charge in [0.15, 0.2) is 0 Å². The van der Waals surface area contributed by atoms with Crippen molar-refractivity contribution in [3.05, 3.63) is 47.5 Å². The number of halogens is 1. The SMILES string of the molecule is Cc1ccc(C(=S)C2(CCI)C=CC=N2)cc1. The zero-order valence-electron chi connectivity index (χ0n) is 9.69. The highest BCUT2D eigenvalue weighted by atomic mass is 127. The Morgan fingerprint density at radius 1 is 1.35 bits per heavy atom. The van der Waals surface area contributed by atoms with E-state index in [2.05, 4.69) is 64.8 Å². The Hall–Kier alpha value is -0.550. The maximum atomic E-state index is 5.63. The first-order chi connectivity index (χ1) is 8.18. The molecule has 1 heterocycles. The fourth-order valence-corrected chi connectivity index (χ4v) is 3.10. The third-order valence-electron chi connectivity index (χ3n) is 2.95. The molecule has 0 bridgehead atoms. The molecule has 88 valence electrons. The van der Waals surface area contributed by atoms with Crippen LogP contribution in [0.4, 0.5) is 0 Å². The predicted octanol–water partition coefficient (Wildman–Crippen LogP) is 3.92. The lowest BCUT2D eigenvalue weighted by Gasteiger charge is -2.24. The molecule has 1 atom stereocenters. The zero-order valence-corrected chi connectivity index (χ0v) is 12.7. The van der Waals surface area contributed by atoms with Crippen molar-refractivity contribution in [2.24, 2.45) is 4.99 Å². The number of nitrogens with zero attached hydrogens (tertiary/aromatic N) is 1. The summed E-state index contributed by atoms with van der Waals surface area (Å²) in [6.07, 6.45) is 6.93. The van der Waals surface area contributed by atoms with Gasteiger partial charge in [-0.1, -0.05) is 70.7 Å². The number of aliphatic imine (C=N–C) groups is 1. The summed E-state index contributed by atoms with van der Waals surface area (Å²) in [5.74, 6) is 0. The number of alkyl halides is 1. The number of rotatable bonds is 4. The van der Waals surface area contributed by atoms with Crippen LogP contribution in [0.15, 0.2) is 41.4 Å². The zero-order chi connectivity index (χ0) is 12.3. The molecular formula is C14H14INS. The molecule has 2 rings (SSSR count). The lowest BCUT2D eigenvalue weighted by Crippen LogP contribution is -2.33. The van der Waals surface area contributed by atoms with Crippen LogP contribution in [0.2, 0.25) is 0 Å². The van der Waals surface area contributed by atoms with Gasteiger partial charge in [-0.3, -0.25) is 4.99 Å². The summed E-state index contributed by atoms with van der Waals surface area (Å²) in [5, 5.41) is 0. The lowest BCUT2D eigenvalue weighted by molar-refractivity contribution is 0.706. The Morgan fingerprint density at radius 2 is 2.06 bits per heavy atom. The maximum absolute atomic E-state index is 5.63. The van der Waals surface area contributed by atoms with Crippen molar-refractivity contribution in [2.75, 3.05) is 4.43 Å². The molecular weight excluding hydrogens is 341 g/mol. The van der Waals surface area contributed by atoms with Crippen molar-refractivity contribution >= 4 is 45.9 Å². The van der Waals surface area contributed by atoms with E-state index in [-0.39, 0.29) is 5.54 Å². The molecule has 1 aromatic rings. The average molecular weight is 355 g/mol. The van der Waals surface area contributed by atoms with Crippen LogP contribution < -0.4 is 0 Å². The molecule has 0 spiro atoms. The largest absolute Gasteiger partial charge is 0.277 e. The summed E-state index contributed by atoms with van der Waals surface area (Å²) in [6, 6.07) is 8.38. The number of hydrogen-bond donors (Lipinski definition) is 0. The molecule has 1 aliphatic heterocycles. The Balaban J connectivity index is 2.32. The van der Waals surface area contributed by atoms with Gasteiger partial charge in [-0.15, -0.1) is 0 Å². The van der Waals surface area contributed by atoms with Crippen LogP contribution in [0.1, 0.15) is 17.5 Å². The number of allylic oxidation sites excluding steroid dienone is 1. The van der Waals surface area contributed by atoms with Crippen molar-refractivity contribution in [1.29, 1.82) is 0 Å². The molecule has 0 saturated heterocycles. The minimum atomic E-state index is -0.286. The van der Waals surface area contributed by atoms with Crippen LogP contribution in [0.5, 0.6) is 0 Å². The molecule has 0 radical (unpaired) electrons. The normalized spacial score (nSPS) is 22.0. The molecule has 1 aromatic carbocycles. The molecule has 0 saturated carbocycles. The number of hydrogen-bond acceptors (Lipinski definition) is 2. The van der Waals surface area contributed by atoms with Crippen molar-refractivity contribution in [3.8, 4) is 0 Å². The van der Waals surface area contributed by atoms with Crippen molar-refractivity contribution in [3.63, 3.8) is 0 Å². The first-order valence-electron chi connectivity index (χ1n) is 5.58. The topological polar surface area (TPSA) is 12.4 Å². The molecule has 1 aliphatic rings. The Morgan fingerprint density at radius 3 is 2.59 bits per heavy atom. The fourth-order valence-electron chi connectivity index (χ4n) is 1.92. The Kier molecular flexibility index (Phi) is 4.09. The molecule has 0 amide bonds. The van der Waals surface area contributed by atoms with Crippen LogP contribution in [0.3, 0.4) is 0 Å². The summed E-state index contributed by atoms with van der Waals surface area (Å²) < 4.78 is 1.05.